The van der Waals surface area contributed by atoms with Crippen LogP contribution in [0.5, 0.6) is 0 Å². The van der Waals surface area contributed by atoms with Crippen molar-refractivity contribution in [2.75, 3.05) is 5.32 Å². The van der Waals surface area contributed by atoms with Gasteiger partial charge >= 0.3 is 0 Å². The average molecular weight is 362 g/mol. The van der Waals surface area contributed by atoms with Gasteiger partial charge in [-0.25, -0.2) is 0 Å². The van der Waals surface area contributed by atoms with Gasteiger partial charge < -0.3 is 11.1 Å². The Morgan fingerprint density at radius 2 is 2.16 bits per heavy atom. The highest BCUT2D eigenvalue weighted by molar-refractivity contribution is 9.10. The maximum atomic E-state index is 12.4. The van der Waals surface area contributed by atoms with Crippen molar-refractivity contribution in [3.63, 3.8) is 0 Å². The number of anilines is 1. The molecule has 2 rings (SSSR count). The zero-order valence-electron chi connectivity index (χ0n) is 10.4. The molecule has 6 heteroatoms. The summed E-state index contributed by atoms with van der Waals surface area (Å²) in [6.07, 6.45) is 2.40. The lowest BCUT2D eigenvalue weighted by molar-refractivity contribution is -0.125. The summed E-state index contributed by atoms with van der Waals surface area (Å²) in [7, 11) is 0. The van der Waals surface area contributed by atoms with Crippen molar-refractivity contribution in [3.05, 3.63) is 27.2 Å². The van der Waals surface area contributed by atoms with Gasteiger partial charge in [-0.15, -0.1) is 0 Å². The molecule has 19 heavy (non-hydrogen) atoms. The van der Waals surface area contributed by atoms with E-state index in [0.29, 0.717) is 23.6 Å². The Balaban J connectivity index is 2.24. The Kier molecular flexibility index (Phi) is 4.18. The van der Waals surface area contributed by atoms with Gasteiger partial charge in [0.25, 0.3) is 0 Å². The van der Waals surface area contributed by atoms with Crippen molar-refractivity contribution in [2.24, 2.45) is 11.1 Å². The molecule has 0 radical (unpaired) electrons. The van der Waals surface area contributed by atoms with E-state index in [1.54, 1.807) is 6.07 Å². The molecular weight excluding hydrogens is 348 g/mol. The monoisotopic (exact) mass is 360 g/mol. The SMILES string of the molecule is Cc1cc(Br)c(NC(=O)C2(C(N)=S)CCC2)cc1Cl. The van der Waals surface area contributed by atoms with Crippen molar-refractivity contribution >= 4 is 56.3 Å². The third kappa shape index (κ3) is 2.64. The molecule has 0 unspecified atom stereocenters. The first-order valence-electron chi connectivity index (χ1n) is 5.94. The molecule has 1 saturated carbocycles. The summed E-state index contributed by atoms with van der Waals surface area (Å²) < 4.78 is 0.792. The fourth-order valence-electron chi connectivity index (χ4n) is 2.10. The Morgan fingerprint density at radius 1 is 1.53 bits per heavy atom. The van der Waals surface area contributed by atoms with Crippen LogP contribution in [0.2, 0.25) is 5.02 Å². The quantitative estimate of drug-likeness (QED) is 0.805. The zero-order chi connectivity index (χ0) is 14.2. The predicted molar refractivity (Wildman–Crippen MR) is 85.6 cm³/mol. The maximum Gasteiger partial charge on any atom is 0.237 e. The summed E-state index contributed by atoms with van der Waals surface area (Å²) in [5.74, 6) is -0.146. The van der Waals surface area contributed by atoms with Gasteiger partial charge in [0.1, 0.15) is 0 Å². The smallest absolute Gasteiger partial charge is 0.237 e. The predicted octanol–water partition coefficient (Wildman–Crippen LogP) is 3.81. The van der Waals surface area contributed by atoms with Gasteiger partial charge in [0, 0.05) is 9.50 Å². The number of aryl methyl sites for hydroxylation is 1. The van der Waals surface area contributed by atoms with Crippen LogP contribution in [-0.2, 0) is 4.79 Å². The molecule has 1 amide bonds. The van der Waals surface area contributed by atoms with Crippen LogP contribution >= 0.6 is 39.7 Å². The molecule has 0 spiro atoms. The third-order valence-corrected chi connectivity index (χ3v) is 5.06. The van der Waals surface area contributed by atoms with Crippen molar-refractivity contribution in [1.29, 1.82) is 0 Å². The Bertz CT molecular complexity index is 558. The molecule has 1 aromatic carbocycles. The van der Waals surface area contributed by atoms with Crippen molar-refractivity contribution in [1.82, 2.24) is 0 Å². The number of benzene rings is 1. The summed E-state index contributed by atoms with van der Waals surface area (Å²) in [5.41, 5.74) is 6.61. The molecule has 0 aliphatic heterocycles. The lowest BCUT2D eigenvalue weighted by Crippen LogP contribution is -2.50. The number of hydrogen-bond donors (Lipinski definition) is 2. The maximum absolute atomic E-state index is 12.4. The molecule has 0 atom stereocenters. The van der Waals surface area contributed by atoms with Crippen LogP contribution in [0, 0.1) is 12.3 Å². The van der Waals surface area contributed by atoms with Crippen LogP contribution in [0.15, 0.2) is 16.6 Å². The van der Waals surface area contributed by atoms with Crippen LogP contribution in [0.4, 0.5) is 5.69 Å². The fourth-order valence-corrected chi connectivity index (χ4v) is 3.12. The van der Waals surface area contributed by atoms with Crippen molar-refractivity contribution in [3.8, 4) is 0 Å². The molecule has 3 N–H and O–H groups in total. The minimum absolute atomic E-state index is 0.146. The number of thiocarbonyl (C=S) groups is 1. The molecule has 1 aromatic rings. The van der Waals surface area contributed by atoms with E-state index in [1.807, 2.05) is 13.0 Å². The molecule has 0 bridgehead atoms. The fraction of sp³-hybridized carbons (Fsp3) is 0.385. The highest BCUT2D eigenvalue weighted by atomic mass is 79.9. The van der Waals surface area contributed by atoms with Gasteiger partial charge in [0.05, 0.1) is 16.1 Å². The normalized spacial score (nSPS) is 16.6. The van der Waals surface area contributed by atoms with Crippen LogP contribution in [-0.4, -0.2) is 10.9 Å². The Morgan fingerprint density at radius 3 is 2.63 bits per heavy atom. The lowest BCUT2D eigenvalue weighted by Gasteiger charge is -2.39. The molecular formula is C13H14BrClN2OS. The molecule has 0 heterocycles. The van der Waals surface area contributed by atoms with E-state index < -0.39 is 5.41 Å². The van der Waals surface area contributed by atoms with Crippen LogP contribution in [0.1, 0.15) is 24.8 Å². The summed E-state index contributed by atoms with van der Waals surface area (Å²) in [6.45, 7) is 1.90. The number of rotatable bonds is 3. The largest absolute Gasteiger partial charge is 0.392 e. The van der Waals surface area contributed by atoms with Gasteiger partial charge in [0.2, 0.25) is 5.91 Å². The number of hydrogen-bond acceptors (Lipinski definition) is 2. The second kappa shape index (κ2) is 5.38. The zero-order valence-corrected chi connectivity index (χ0v) is 13.6. The Hall–Kier alpha value is -0.650. The average Bonchev–Trinajstić information content (AvgIpc) is 2.23. The van der Waals surface area contributed by atoms with E-state index in [2.05, 4.69) is 21.2 Å². The van der Waals surface area contributed by atoms with Gasteiger partial charge in [0.15, 0.2) is 0 Å². The van der Waals surface area contributed by atoms with E-state index in [1.165, 1.54) is 0 Å². The number of nitrogens with two attached hydrogens (primary N) is 1. The molecule has 1 aliphatic carbocycles. The highest BCUT2D eigenvalue weighted by Gasteiger charge is 2.47. The topological polar surface area (TPSA) is 55.1 Å². The summed E-state index contributed by atoms with van der Waals surface area (Å²) >= 11 is 14.5. The van der Waals surface area contributed by atoms with E-state index in [0.717, 1.165) is 16.5 Å². The van der Waals surface area contributed by atoms with E-state index in [4.69, 9.17) is 29.6 Å². The number of nitrogens with one attached hydrogen (secondary N) is 1. The van der Waals surface area contributed by atoms with Crippen LogP contribution < -0.4 is 11.1 Å². The van der Waals surface area contributed by atoms with Gasteiger partial charge in [-0.2, -0.15) is 0 Å². The number of halogens is 2. The van der Waals surface area contributed by atoms with Crippen molar-refractivity contribution in [2.45, 2.75) is 26.2 Å². The molecule has 1 aliphatic rings. The van der Waals surface area contributed by atoms with E-state index in [9.17, 15) is 4.79 Å². The molecule has 0 aromatic heterocycles. The van der Waals surface area contributed by atoms with E-state index >= 15 is 0 Å². The van der Waals surface area contributed by atoms with Gasteiger partial charge in [-0.3, -0.25) is 4.79 Å². The highest BCUT2D eigenvalue weighted by Crippen LogP contribution is 2.42. The number of carbonyl (C=O) groups excluding carboxylic acids is 1. The lowest BCUT2D eigenvalue weighted by atomic mass is 9.68. The van der Waals surface area contributed by atoms with Crippen molar-refractivity contribution < 1.29 is 4.79 Å². The third-order valence-electron chi connectivity index (χ3n) is 3.61. The van der Waals surface area contributed by atoms with Gasteiger partial charge in [-0.1, -0.05) is 30.2 Å². The first kappa shape index (κ1) is 14.8. The number of amides is 1. The van der Waals surface area contributed by atoms with Gasteiger partial charge in [-0.05, 0) is 53.4 Å². The Labute approximate surface area is 131 Å². The summed E-state index contributed by atoms with van der Waals surface area (Å²) in [4.78, 5) is 12.6. The minimum atomic E-state index is -0.688. The summed E-state index contributed by atoms with van der Waals surface area (Å²) in [5, 5.41) is 3.47. The summed E-state index contributed by atoms with van der Waals surface area (Å²) in [6, 6.07) is 3.59. The molecule has 1 fully saturated rings. The van der Waals surface area contributed by atoms with Crippen LogP contribution in [0.3, 0.4) is 0 Å². The standard InChI is InChI=1S/C13H14BrClN2OS/c1-7-5-8(14)10(6-9(7)15)17-12(18)13(11(16)19)3-2-4-13/h5-6H,2-4H2,1H3,(H2,16,19)(H,17,18). The molecule has 102 valence electrons. The minimum Gasteiger partial charge on any atom is -0.392 e. The second-order valence-corrected chi connectivity index (χ2v) is 6.54. The number of carbonyl (C=O) groups is 1. The van der Waals surface area contributed by atoms with E-state index in [-0.39, 0.29) is 10.9 Å². The molecule has 0 saturated heterocycles. The second-order valence-electron chi connectivity index (χ2n) is 4.84. The first-order chi connectivity index (χ1) is 8.86. The molecule has 3 nitrogen and oxygen atoms in total. The first-order valence-corrected chi connectivity index (χ1v) is 7.52. The van der Waals surface area contributed by atoms with Crippen LogP contribution in [0.25, 0.3) is 0 Å².